The van der Waals surface area contributed by atoms with E-state index in [2.05, 4.69) is 11.9 Å². The summed E-state index contributed by atoms with van der Waals surface area (Å²) in [4.78, 5) is 13.5. The Balaban J connectivity index is 1.76. The van der Waals surface area contributed by atoms with E-state index in [0.717, 1.165) is 18.3 Å². The molecule has 0 aromatic heterocycles. The minimum absolute atomic E-state index is 0.670. The van der Waals surface area contributed by atoms with E-state index in [9.17, 15) is 4.79 Å². The van der Waals surface area contributed by atoms with Gasteiger partial charge < -0.3 is 0 Å². The maximum absolute atomic E-state index is 9.89. The Morgan fingerprint density at radius 3 is 2.93 bits per heavy atom. The molecule has 14 heavy (non-hydrogen) atoms. The van der Waals surface area contributed by atoms with Crippen molar-refractivity contribution in [3.63, 3.8) is 0 Å². The number of aliphatic imine (C=N–C) groups is 1. The maximum atomic E-state index is 9.89. The molecule has 0 aromatic rings. The van der Waals surface area contributed by atoms with E-state index < -0.39 is 0 Å². The molecule has 0 aliphatic heterocycles. The van der Waals surface area contributed by atoms with Crippen molar-refractivity contribution < 1.29 is 4.79 Å². The van der Waals surface area contributed by atoms with E-state index in [4.69, 9.17) is 0 Å². The van der Waals surface area contributed by atoms with Crippen molar-refractivity contribution in [2.24, 2.45) is 22.2 Å². The highest BCUT2D eigenvalue weighted by atomic mass is 16.1. The molecule has 0 heterocycles. The molecule has 3 unspecified atom stereocenters. The van der Waals surface area contributed by atoms with Crippen LogP contribution in [0.4, 0.5) is 0 Å². The van der Waals surface area contributed by atoms with Crippen molar-refractivity contribution in [3.05, 3.63) is 0 Å². The van der Waals surface area contributed by atoms with Crippen molar-refractivity contribution in [1.29, 1.82) is 0 Å². The van der Waals surface area contributed by atoms with Gasteiger partial charge in [-0.25, -0.2) is 9.79 Å². The standard InChI is InChI=1S/C12H19NO/c1-12-5-4-11(8-12)10(7-12)3-2-6-13-9-14/h10-11H,2-8H2,1H3. The molecule has 2 aliphatic rings. The summed E-state index contributed by atoms with van der Waals surface area (Å²) >= 11 is 0. The van der Waals surface area contributed by atoms with Gasteiger partial charge in [-0.05, 0) is 55.8 Å². The van der Waals surface area contributed by atoms with Gasteiger partial charge in [0.25, 0.3) is 0 Å². The normalized spacial score (nSPS) is 39.8. The van der Waals surface area contributed by atoms with Crippen LogP contribution in [0, 0.1) is 17.3 Å². The molecular formula is C12H19NO. The van der Waals surface area contributed by atoms with Crippen LogP contribution in [-0.4, -0.2) is 12.6 Å². The Bertz CT molecular complexity index is 257. The zero-order valence-corrected chi connectivity index (χ0v) is 8.96. The van der Waals surface area contributed by atoms with Gasteiger partial charge in [0, 0.05) is 0 Å². The first-order valence-corrected chi connectivity index (χ1v) is 5.77. The van der Waals surface area contributed by atoms with Gasteiger partial charge in [-0.2, -0.15) is 0 Å². The molecule has 78 valence electrons. The number of hydrogen-bond donors (Lipinski definition) is 0. The van der Waals surface area contributed by atoms with Crippen LogP contribution in [-0.2, 0) is 4.79 Å². The lowest BCUT2D eigenvalue weighted by Gasteiger charge is -2.26. The summed E-state index contributed by atoms with van der Waals surface area (Å²) in [6, 6.07) is 0. The third kappa shape index (κ3) is 1.90. The molecule has 0 N–H and O–H groups in total. The van der Waals surface area contributed by atoms with Crippen LogP contribution in [0.3, 0.4) is 0 Å². The van der Waals surface area contributed by atoms with Gasteiger partial charge in [0.1, 0.15) is 0 Å². The minimum Gasteiger partial charge on any atom is -0.211 e. The second kappa shape index (κ2) is 3.86. The number of carbonyl (C=O) groups excluding carboxylic acids is 1. The van der Waals surface area contributed by atoms with Gasteiger partial charge in [-0.3, -0.25) is 0 Å². The van der Waals surface area contributed by atoms with Gasteiger partial charge >= 0.3 is 0 Å². The lowest BCUT2D eigenvalue weighted by molar-refractivity contribution is 0.254. The molecule has 2 heteroatoms. The zero-order chi connectivity index (χ0) is 10.0. The second-order valence-electron chi connectivity index (χ2n) is 5.39. The fourth-order valence-corrected chi connectivity index (χ4v) is 3.57. The van der Waals surface area contributed by atoms with Crippen LogP contribution < -0.4 is 0 Å². The molecule has 3 atom stereocenters. The third-order valence-electron chi connectivity index (χ3n) is 4.20. The van der Waals surface area contributed by atoms with Crippen LogP contribution in [0.1, 0.15) is 45.4 Å². The Morgan fingerprint density at radius 2 is 2.36 bits per heavy atom. The fourth-order valence-electron chi connectivity index (χ4n) is 3.57. The van der Waals surface area contributed by atoms with E-state index in [1.54, 1.807) is 6.08 Å². The van der Waals surface area contributed by atoms with Crippen molar-refractivity contribution >= 4 is 6.08 Å². The van der Waals surface area contributed by atoms with Crippen LogP contribution in [0.15, 0.2) is 4.99 Å². The number of nitrogens with zero attached hydrogens (tertiary/aromatic N) is 1. The highest BCUT2D eigenvalue weighted by molar-refractivity contribution is 5.32. The summed E-state index contributed by atoms with van der Waals surface area (Å²) < 4.78 is 0. The Labute approximate surface area is 85.8 Å². The zero-order valence-electron chi connectivity index (χ0n) is 8.96. The Kier molecular flexibility index (Phi) is 2.73. The molecule has 0 spiro atoms. The van der Waals surface area contributed by atoms with Crippen molar-refractivity contribution in [3.8, 4) is 0 Å². The highest BCUT2D eigenvalue weighted by Gasteiger charge is 2.46. The molecule has 2 rings (SSSR count). The molecule has 2 bridgehead atoms. The molecule has 2 fully saturated rings. The quantitative estimate of drug-likeness (QED) is 0.383. The molecule has 2 nitrogen and oxygen atoms in total. The topological polar surface area (TPSA) is 29.4 Å². The largest absolute Gasteiger partial charge is 0.234 e. The summed E-state index contributed by atoms with van der Waals surface area (Å²) in [6.45, 7) is 3.13. The maximum Gasteiger partial charge on any atom is 0.234 e. The van der Waals surface area contributed by atoms with Crippen LogP contribution >= 0.6 is 0 Å². The summed E-state index contributed by atoms with van der Waals surface area (Å²) in [6.07, 6.45) is 9.71. The van der Waals surface area contributed by atoms with Crippen LogP contribution in [0.2, 0.25) is 0 Å². The van der Waals surface area contributed by atoms with E-state index >= 15 is 0 Å². The number of isocyanates is 1. The smallest absolute Gasteiger partial charge is 0.211 e. The summed E-state index contributed by atoms with van der Waals surface area (Å²) in [5, 5.41) is 0. The van der Waals surface area contributed by atoms with E-state index in [-0.39, 0.29) is 0 Å². The van der Waals surface area contributed by atoms with Gasteiger partial charge in [0.05, 0.1) is 6.54 Å². The van der Waals surface area contributed by atoms with Crippen LogP contribution in [0.5, 0.6) is 0 Å². The number of hydrogen-bond acceptors (Lipinski definition) is 2. The molecule has 0 amide bonds. The average Bonchev–Trinajstić information content (AvgIpc) is 2.67. The predicted octanol–water partition coefficient (Wildman–Crippen LogP) is 2.93. The molecular weight excluding hydrogens is 174 g/mol. The molecule has 2 saturated carbocycles. The van der Waals surface area contributed by atoms with Gasteiger partial charge in [-0.15, -0.1) is 0 Å². The summed E-state index contributed by atoms with van der Waals surface area (Å²) in [5.41, 5.74) is 0.670. The number of rotatable bonds is 4. The summed E-state index contributed by atoms with van der Waals surface area (Å²) in [5.74, 6) is 1.91. The summed E-state index contributed by atoms with van der Waals surface area (Å²) in [7, 11) is 0. The van der Waals surface area contributed by atoms with Crippen molar-refractivity contribution in [2.75, 3.05) is 6.54 Å². The van der Waals surface area contributed by atoms with E-state index in [1.165, 1.54) is 32.1 Å². The molecule has 0 saturated heterocycles. The highest BCUT2D eigenvalue weighted by Crippen LogP contribution is 2.57. The first kappa shape index (κ1) is 9.92. The predicted molar refractivity (Wildman–Crippen MR) is 55.8 cm³/mol. The molecule has 0 aromatic carbocycles. The Hall–Kier alpha value is -0.620. The fraction of sp³-hybridized carbons (Fsp3) is 0.917. The van der Waals surface area contributed by atoms with Crippen LogP contribution in [0.25, 0.3) is 0 Å². The molecule has 2 aliphatic carbocycles. The average molecular weight is 193 g/mol. The third-order valence-corrected chi connectivity index (χ3v) is 4.20. The molecule has 0 radical (unpaired) electrons. The number of fused-ring (bicyclic) bond motifs is 2. The SMILES string of the molecule is CC12CCC(C1)C(CCCN=C=O)C2. The monoisotopic (exact) mass is 193 g/mol. The first-order chi connectivity index (χ1) is 6.73. The van der Waals surface area contributed by atoms with E-state index in [1.807, 2.05) is 0 Å². The van der Waals surface area contributed by atoms with Crippen molar-refractivity contribution in [1.82, 2.24) is 0 Å². The van der Waals surface area contributed by atoms with Gasteiger partial charge in [-0.1, -0.05) is 6.92 Å². The van der Waals surface area contributed by atoms with E-state index in [0.29, 0.717) is 12.0 Å². The second-order valence-corrected chi connectivity index (χ2v) is 5.39. The van der Waals surface area contributed by atoms with Gasteiger partial charge in [0.2, 0.25) is 6.08 Å². The Morgan fingerprint density at radius 1 is 1.50 bits per heavy atom. The van der Waals surface area contributed by atoms with Gasteiger partial charge in [0.15, 0.2) is 0 Å². The minimum atomic E-state index is 0.670. The van der Waals surface area contributed by atoms with Crippen molar-refractivity contribution in [2.45, 2.75) is 45.4 Å². The first-order valence-electron chi connectivity index (χ1n) is 5.77. The lowest BCUT2D eigenvalue weighted by Crippen LogP contribution is -2.15. The lowest BCUT2D eigenvalue weighted by atomic mass is 9.80.